The number of nitrogens with zero attached hydrogens (tertiary/aromatic N) is 1. The maximum atomic E-state index is 3.80. The van der Waals surface area contributed by atoms with Gasteiger partial charge in [0.05, 0.1) is 0 Å². The number of likely N-dealkylation sites (N-methyl/N-ethyl adjacent to an activating group) is 1. The van der Waals surface area contributed by atoms with Crippen molar-refractivity contribution in [1.29, 1.82) is 0 Å². The van der Waals surface area contributed by atoms with Gasteiger partial charge in [-0.1, -0.05) is 20.8 Å². The van der Waals surface area contributed by atoms with E-state index in [0.717, 1.165) is 12.1 Å². The smallest absolute Gasteiger partial charge is 0.0221 e. The van der Waals surface area contributed by atoms with Crippen molar-refractivity contribution in [2.24, 2.45) is 5.41 Å². The van der Waals surface area contributed by atoms with E-state index in [2.05, 4.69) is 31.0 Å². The van der Waals surface area contributed by atoms with Crippen LogP contribution in [0.3, 0.4) is 0 Å². The van der Waals surface area contributed by atoms with Gasteiger partial charge in [0.2, 0.25) is 0 Å². The summed E-state index contributed by atoms with van der Waals surface area (Å²) in [5, 5.41) is 3.80. The monoisotopic (exact) mass is 224 g/mol. The average Bonchev–Trinajstić information content (AvgIpc) is 2.81. The summed E-state index contributed by atoms with van der Waals surface area (Å²) < 4.78 is 0. The molecule has 1 aliphatic carbocycles. The maximum Gasteiger partial charge on any atom is 0.0221 e. The normalized spacial score (nSPS) is 34.7. The molecular formula is C14H28N2. The molecule has 0 radical (unpaired) electrons. The molecule has 2 heteroatoms. The molecule has 0 amide bonds. The van der Waals surface area contributed by atoms with Gasteiger partial charge in [0, 0.05) is 18.6 Å². The summed E-state index contributed by atoms with van der Waals surface area (Å²) >= 11 is 0. The van der Waals surface area contributed by atoms with Crippen molar-refractivity contribution in [2.45, 2.75) is 65.0 Å². The predicted octanol–water partition coefficient (Wildman–Crippen LogP) is 2.64. The highest BCUT2D eigenvalue weighted by atomic mass is 15.2. The van der Waals surface area contributed by atoms with Gasteiger partial charge in [-0.05, 0) is 50.6 Å². The van der Waals surface area contributed by atoms with Crippen LogP contribution in [0.25, 0.3) is 0 Å². The first-order valence-electron chi connectivity index (χ1n) is 7.08. The van der Waals surface area contributed by atoms with E-state index in [-0.39, 0.29) is 0 Å². The Bertz CT molecular complexity index is 225. The second kappa shape index (κ2) is 5.05. The molecular weight excluding hydrogens is 196 g/mol. The highest BCUT2D eigenvalue weighted by molar-refractivity contribution is 4.88. The predicted molar refractivity (Wildman–Crippen MR) is 69.7 cm³/mol. The van der Waals surface area contributed by atoms with Crippen LogP contribution in [0.2, 0.25) is 0 Å². The molecule has 0 aromatic carbocycles. The summed E-state index contributed by atoms with van der Waals surface area (Å²) in [7, 11) is 0. The van der Waals surface area contributed by atoms with Crippen LogP contribution in [-0.4, -0.2) is 36.6 Å². The number of nitrogens with one attached hydrogen (secondary N) is 1. The zero-order chi connectivity index (χ0) is 11.6. The molecule has 1 saturated carbocycles. The summed E-state index contributed by atoms with van der Waals surface area (Å²) in [4.78, 5) is 2.63. The number of likely N-dealkylation sites (tertiary alicyclic amines) is 1. The molecule has 0 aromatic rings. The molecule has 2 rings (SSSR count). The van der Waals surface area contributed by atoms with Gasteiger partial charge in [0.25, 0.3) is 0 Å². The van der Waals surface area contributed by atoms with E-state index >= 15 is 0 Å². The Balaban J connectivity index is 1.71. The SMILES string of the molecule is CCN1CCCC1CNC1CCC(C)(C)C1. The van der Waals surface area contributed by atoms with Crippen molar-refractivity contribution in [3.05, 3.63) is 0 Å². The molecule has 2 nitrogen and oxygen atoms in total. The van der Waals surface area contributed by atoms with Crippen LogP contribution in [0, 0.1) is 5.41 Å². The fraction of sp³-hybridized carbons (Fsp3) is 1.00. The molecule has 2 fully saturated rings. The lowest BCUT2D eigenvalue weighted by atomic mass is 9.92. The molecule has 1 saturated heterocycles. The molecule has 16 heavy (non-hydrogen) atoms. The summed E-state index contributed by atoms with van der Waals surface area (Å²) in [5.41, 5.74) is 0.581. The van der Waals surface area contributed by atoms with Crippen LogP contribution in [0.1, 0.15) is 52.9 Å². The summed E-state index contributed by atoms with van der Waals surface area (Å²) in [6.45, 7) is 10.9. The zero-order valence-corrected chi connectivity index (χ0v) is 11.3. The third-order valence-electron chi connectivity index (χ3n) is 4.52. The number of hydrogen-bond acceptors (Lipinski definition) is 2. The average molecular weight is 224 g/mol. The van der Waals surface area contributed by atoms with Crippen molar-refractivity contribution in [3.8, 4) is 0 Å². The second-order valence-corrected chi connectivity index (χ2v) is 6.44. The Hall–Kier alpha value is -0.0800. The third kappa shape index (κ3) is 2.98. The Morgan fingerprint density at radius 3 is 2.75 bits per heavy atom. The van der Waals surface area contributed by atoms with Crippen LogP contribution in [0.5, 0.6) is 0 Å². The molecule has 0 bridgehead atoms. The first kappa shape index (κ1) is 12.4. The largest absolute Gasteiger partial charge is 0.312 e. The van der Waals surface area contributed by atoms with Crippen molar-refractivity contribution in [1.82, 2.24) is 10.2 Å². The Morgan fingerprint density at radius 2 is 2.12 bits per heavy atom. The standard InChI is InChI=1S/C14H28N2/c1-4-16-9-5-6-13(16)11-15-12-7-8-14(2,3)10-12/h12-13,15H,4-11H2,1-3H3. The minimum atomic E-state index is 0.581. The van der Waals surface area contributed by atoms with Gasteiger partial charge in [-0.25, -0.2) is 0 Å². The van der Waals surface area contributed by atoms with E-state index in [1.807, 2.05) is 0 Å². The van der Waals surface area contributed by atoms with E-state index in [1.165, 1.54) is 51.7 Å². The lowest BCUT2D eigenvalue weighted by Crippen LogP contribution is -2.41. The van der Waals surface area contributed by atoms with Crippen LogP contribution in [-0.2, 0) is 0 Å². The molecule has 2 unspecified atom stereocenters. The van der Waals surface area contributed by atoms with Gasteiger partial charge in [0.1, 0.15) is 0 Å². The zero-order valence-electron chi connectivity index (χ0n) is 11.3. The lowest BCUT2D eigenvalue weighted by molar-refractivity contribution is 0.251. The first-order chi connectivity index (χ1) is 7.61. The van der Waals surface area contributed by atoms with Gasteiger partial charge in [0.15, 0.2) is 0 Å². The second-order valence-electron chi connectivity index (χ2n) is 6.44. The molecule has 1 aliphatic heterocycles. The van der Waals surface area contributed by atoms with E-state index in [0.29, 0.717) is 5.41 Å². The number of hydrogen-bond donors (Lipinski definition) is 1. The van der Waals surface area contributed by atoms with Gasteiger partial charge < -0.3 is 5.32 Å². The lowest BCUT2D eigenvalue weighted by Gasteiger charge is -2.25. The van der Waals surface area contributed by atoms with Gasteiger partial charge in [-0.2, -0.15) is 0 Å². The topological polar surface area (TPSA) is 15.3 Å². The van der Waals surface area contributed by atoms with Crippen LogP contribution >= 0.6 is 0 Å². The molecule has 1 heterocycles. The highest BCUT2D eigenvalue weighted by Crippen LogP contribution is 2.36. The van der Waals surface area contributed by atoms with Crippen molar-refractivity contribution in [3.63, 3.8) is 0 Å². The van der Waals surface area contributed by atoms with Gasteiger partial charge >= 0.3 is 0 Å². The van der Waals surface area contributed by atoms with E-state index < -0.39 is 0 Å². The van der Waals surface area contributed by atoms with Crippen LogP contribution < -0.4 is 5.32 Å². The van der Waals surface area contributed by atoms with E-state index in [4.69, 9.17) is 0 Å². The molecule has 2 aliphatic rings. The van der Waals surface area contributed by atoms with Crippen LogP contribution in [0.15, 0.2) is 0 Å². The number of rotatable bonds is 4. The minimum Gasteiger partial charge on any atom is -0.312 e. The van der Waals surface area contributed by atoms with E-state index in [9.17, 15) is 0 Å². The third-order valence-corrected chi connectivity index (χ3v) is 4.52. The first-order valence-corrected chi connectivity index (χ1v) is 7.08. The molecule has 2 atom stereocenters. The fourth-order valence-corrected chi connectivity index (χ4v) is 3.46. The highest BCUT2D eigenvalue weighted by Gasteiger charge is 2.31. The van der Waals surface area contributed by atoms with Crippen molar-refractivity contribution >= 4 is 0 Å². The quantitative estimate of drug-likeness (QED) is 0.790. The molecule has 0 spiro atoms. The fourth-order valence-electron chi connectivity index (χ4n) is 3.46. The molecule has 0 aromatic heterocycles. The van der Waals surface area contributed by atoms with Gasteiger partial charge in [-0.3, -0.25) is 4.90 Å². The van der Waals surface area contributed by atoms with Crippen molar-refractivity contribution in [2.75, 3.05) is 19.6 Å². The van der Waals surface area contributed by atoms with Crippen molar-refractivity contribution < 1.29 is 0 Å². The van der Waals surface area contributed by atoms with Gasteiger partial charge in [-0.15, -0.1) is 0 Å². The summed E-state index contributed by atoms with van der Waals surface area (Å²) in [6, 6.07) is 1.60. The Labute approximate surface area is 101 Å². The molecule has 94 valence electrons. The Morgan fingerprint density at radius 1 is 1.31 bits per heavy atom. The van der Waals surface area contributed by atoms with Crippen LogP contribution in [0.4, 0.5) is 0 Å². The summed E-state index contributed by atoms with van der Waals surface area (Å²) in [6.07, 6.45) is 6.94. The summed E-state index contributed by atoms with van der Waals surface area (Å²) in [5.74, 6) is 0. The molecule has 1 N–H and O–H groups in total. The van der Waals surface area contributed by atoms with E-state index in [1.54, 1.807) is 0 Å². The Kier molecular flexibility index (Phi) is 3.91. The minimum absolute atomic E-state index is 0.581. The maximum absolute atomic E-state index is 3.80.